The van der Waals surface area contributed by atoms with Crippen molar-refractivity contribution >= 4 is 5.78 Å². The summed E-state index contributed by atoms with van der Waals surface area (Å²) in [4.78, 5) is 11.7. The van der Waals surface area contributed by atoms with E-state index < -0.39 is 11.7 Å². The van der Waals surface area contributed by atoms with Gasteiger partial charge in [0.15, 0.2) is 5.78 Å². The molecule has 0 heterocycles. The molecule has 0 atom stereocenters. The second-order valence-corrected chi connectivity index (χ2v) is 5.11. The maximum atomic E-state index is 12.5. The van der Waals surface area contributed by atoms with Crippen molar-refractivity contribution in [1.82, 2.24) is 5.32 Å². The summed E-state index contributed by atoms with van der Waals surface area (Å²) in [6.07, 6.45) is -4.42. The molecule has 1 aromatic carbocycles. The van der Waals surface area contributed by atoms with Gasteiger partial charge >= 0.3 is 6.18 Å². The Morgan fingerprint density at radius 3 is 2.33 bits per heavy atom. The number of nitrogens with one attached hydrogen (secondary N) is 1. The number of carbonyl (C=O) groups excluding carboxylic acids is 1. The molecule has 0 saturated heterocycles. The first-order chi connectivity index (χ1) is 8.09. The van der Waals surface area contributed by atoms with Gasteiger partial charge in [0.05, 0.1) is 12.1 Å². The van der Waals surface area contributed by atoms with Crippen molar-refractivity contribution in [2.45, 2.75) is 32.5 Å². The van der Waals surface area contributed by atoms with Crippen LogP contribution < -0.4 is 5.32 Å². The van der Waals surface area contributed by atoms with Crippen molar-refractivity contribution < 1.29 is 18.0 Å². The van der Waals surface area contributed by atoms with Gasteiger partial charge in [-0.15, -0.1) is 0 Å². The van der Waals surface area contributed by atoms with Gasteiger partial charge in [-0.1, -0.05) is 12.1 Å². The molecule has 2 nitrogen and oxygen atoms in total. The summed E-state index contributed by atoms with van der Waals surface area (Å²) in [7, 11) is 0. The summed E-state index contributed by atoms with van der Waals surface area (Å²) in [6.45, 7) is 5.66. The Labute approximate surface area is 104 Å². The Kier molecular flexibility index (Phi) is 4.16. The van der Waals surface area contributed by atoms with E-state index in [1.807, 2.05) is 20.8 Å². The molecule has 0 saturated carbocycles. The number of carbonyl (C=O) groups is 1. The smallest absolute Gasteiger partial charge is 0.305 e. The molecule has 5 heteroatoms. The Morgan fingerprint density at radius 1 is 1.22 bits per heavy atom. The molecular weight excluding hydrogens is 243 g/mol. The number of alkyl halides is 3. The van der Waals surface area contributed by atoms with E-state index in [1.165, 1.54) is 12.1 Å². The highest BCUT2D eigenvalue weighted by molar-refractivity contribution is 5.97. The van der Waals surface area contributed by atoms with Crippen LogP contribution >= 0.6 is 0 Å². The SMILES string of the molecule is CC(C)(C)NCC(=O)c1cccc(C(F)(F)F)c1. The number of ketones is 1. The monoisotopic (exact) mass is 259 g/mol. The van der Waals surface area contributed by atoms with Gasteiger partial charge in [-0.3, -0.25) is 4.79 Å². The van der Waals surface area contributed by atoms with Crippen LogP contribution in [0.5, 0.6) is 0 Å². The zero-order chi connectivity index (χ0) is 14.0. The minimum Gasteiger partial charge on any atom is -0.305 e. The number of hydrogen-bond acceptors (Lipinski definition) is 2. The van der Waals surface area contributed by atoms with E-state index in [-0.39, 0.29) is 23.4 Å². The van der Waals surface area contributed by atoms with E-state index in [9.17, 15) is 18.0 Å². The zero-order valence-corrected chi connectivity index (χ0v) is 10.6. The van der Waals surface area contributed by atoms with Crippen LogP contribution in [0.2, 0.25) is 0 Å². The molecule has 100 valence electrons. The fourth-order valence-corrected chi connectivity index (χ4v) is 1.32. The molecule has 0 spiro atoms. The molecule has 0 aromatic heterocycles. The Morgan fingerprint density at radius 2 is 1.83 bits per heavy atom. The molecule has 0 unspecified atom stereocenters. The molecular formula is C13H16F3NO. The third-order valence-corrected chi connectivity index (χ3v) is 2.29. The fraction of sp³-hybridized carbons (Fsp3) is 0.462. The second kappa shape index (κ2) is 5.10. The summed E-state index contributed by atoms with van der Waals surface area (Å²) < 4.78 is 37.4. The lowest BCUT2D eigenvalue weighted by atomic mass is 10.0. The molecule has 0 amide bonds. The van der Waals surface area contributed by atoms with Gasteiger partial charge < -0.3 is 5.32 Å². The van der Waals surface area contributed by atoms with Crippen molar-refractivity contribution in [3.8, 4) is 0 Å². The van der Waals surface area contributed by atoms with E-state index >= 15 is 0 Å². The molecule has 0 radical (unpaired) electrons. The maximum Gasteiger partial charge on any atom is 0.416 e. The minimum absolute atomic E-state index is 0.0187. The number of benzene rings is 1. The largest absolute Gasteiger partial charge is 0.416 e. The van der Waals surface area contributed by atoms with Gasteiger partial charge in [-0.25, -0.2) is 0 Å². The quantitative estimate of drug-likeness (QED) is 0.844. The number of rotatable bonds is 3. The minimum atomic E-state index is -4.42. The van der Waals surface area contributed by atoms with Gasteiger partial charge in [-0.2, -0.15) is 13.2 Å². The molecule has 0 bridgehead atoms. The molecule has 18 heavy (non-hydrogen) atoms. The van der Waals surface area contributed by atoms with Crippen molar-refractivity contribution in [3.05, 3.63) is 35.4 Å². The summed E-state index contributed by atoms with van der Waals surface area (Å²) in [5.41, 5.74) is -0.984. The number of hydrogen-bond donors (Lipinski definition) is 1. The van der Waals surface area contributed by atoms with Crippen molar-refractivity contribution in [2.24, 2.45) is 0 Å². The first-order valence-electron chi connectivity index (χ1n) is 5.55. The lowest BCUT2D eigenvalue weighted by molar-refractivity contribution is -0.137. The van der Waals surface area contributed by atoms with Crippen LogP contribution in [0.1, 0.15) is 36.7 Å². The van der Waals surface area contributed by atoms with E-state index in [2.05, 4.69) is 5.32 Å². The predicted octanol–water partition coefficient (Wildman–Crippen LogP) is 3.28. The molecule has 1 rings (SSSR count). The van der Waals surface area contributed by atoms with Gasteiger partial charge in [0.25, 0.3) is 0 Å². The fourth-order valence-electron chi connectivity index (χ4n) is 1.32. The van der Waals surface area contributed by atoms with Crippen LogP contribution in [0.3, 0.4) is 0 Å². The molecule has 0 aliphatic rings. The third kappa shape index (κ3) is 4.49. The summed E-state index contributed by atoms with van der Waals surface area (Å²) >= 11 is 0. The molecule has 1 N–H and O–H groups in total. The van der Waals surface area contributed by atoms with Crippen molar-refractivity contribution in [3.63, 3.8) is 0 Å². The molecule has 1 aromatic rings. The van der Waals surface area contributed by atoms with E-state index in [4.69, 9.17) is 0 Å². The van der Waals surface area contributed by atoms with Gasteiger partial charge in [-0.05, 0) is 32.9 Å². The van der Waals surface area contributed by atoms with Crippen LogP contribution in [0.25, 0.3) is 0 Å². The Bertz CT molecular complexity index is 433. The highest BCUT2D eigenvalue weighted by atomic mass is 19.4. The topological polar surface area (TPSA) is 29.1 Å². The van der Waals surface area contributed by atoms with E-state index in [0.717, 1.165) is 12.1 Å². The second-order valence-electron chi connectivity index (χ2n) is 5.11. The lowest BCUT2D eigenvalue weighted by Crippen LogP contribution is -2.39. The number of Topliss-reactive ketones (excluding diaryl/α,β-unsaturated/α-hetero) is 1. The predicted molar refractivity (Wildman–Crippen MR) is 63.5 cm³/mol. The number of halogens is 3. The summed E-state index contributed by atoms with van der Waals surface area (Å²) in [5, 5.41) is 2.95. The highest BCUT2D eigenvalue weighted by Gasteiger charge is 2.30. The van der Waals surface area contributed by atoms with Crippen molar-refractivity contribution in [1.29, 1.82) is 0 Å². The molecule has 0 aliphatic carbocycles. The average Bonchev–Trinajstić information content (AvgIpc) is 2.24. The standard InChI is InChI=1S/C13H16F3NO/c1-12(2,3)17-8-11(18)9-5-4-6-10(7-9)13(14,15)16/h4-7,17H,8H2,1-3H3. The highest BCUT2D eigenvalue weighted by Crippen LogP contribution is 2.29. The zero-order valence-electron chi connectivity index (χ0n) is 10.6. The first kappa shape index (κ1) is 14.7. The normalized spacial score (nSPS) is 12.6. The van der Waals surface area contributed by atoms with Crippen LogP contribution in [0, 0.1) is 0 Å². The van der Waals surface area contributed by atoms with Gasteiger partial charge in [0.2, 0.25) is 0 Å². The van der Waals surface area contributed by atoms with Crippen LogP contribution in [0.15, 0.2) is 24.3 Å². The maximum absolute atomic E-state index is 12.5. The van der Waals surface area contributed by atoms with E-state index in [0.29, 0.717) is 0 Å². The van der Waals surface area contributed by atoms with Crippen LogP contribution in [-0.2, 0) is 6.18 Å². The summed E-state index contributed by atoms with van der Waals surface area (Å²) in [5.74, 6) is -0.351. The van der Waals surface area contributed by atoms with Gasteiger partial charge in [0.1, 0.15) is 0 Å². The van der Waals surface area contributed by atoms with Crippen LogP contribution in [0.4, 0.5) is 13.2 Å². The van der Waals surface area contributed by atoms with Gasteiger partial charge in [0, 0.05) is 11.1 Å². The van der Waals surface area contributed by atoms with Crippen molar-refractivity contribution in [2.75, 3.05) is 6.54 Å². The lowest BCUT2D eigenvalue weighted by Gasteiger charge is -2.20. The summed E-state index contributed by atoms with van der Waals surface area (Å²) in [6, 6.07) is 4.47. The molecule has 0 fully saturated rings. The average molecular weight is 259 g/mol. The Balaban J connectivity index is 2.81. The van der Waals surface area contributed by atoms with E-state index in [1.54, 1.807) is 0 Å². The van der Waals surface area contributed by atoms with Crippen LogP contribution in [-0.4, -0.2) is 17.9 Å². The Hall–Kier alpha value is -1.36. The first-order valence-corrected chi connectivity index (χ1v) is 5.55. The molecule has 0 aliphatic heterocycles. The third-order valence-electron chi connectivity index (χ3n) is 2.29.